The molecular formula is C23H26BrClF3N3O4S. The molecule has 0 aliphatic carbocycles. The van der Waals surface area contributed by atoms with Crippen LogP contribution in [0.3, 0.4) is 0 Å². The van der Waals surface area contributed by atoms with Gasteiger partial charge < -0.3 is 10.2 Å². The molecule has 0 heterocycles. The van der Waals surface area contributed by atoms with Gasteiger partial charge in [0.1, 0.15) is 12.6 Å². The van der Waals surface area contributed by atoms with E-state index in [9.17, 15) is 31.2 Å². The summed E-state index contributed by atoms with van der Waals surface area (Å²) in [5.74, 6) is -1.22. The van der Waals surface area contributed by atoms with Gasteiger partial charge in [0.15, 0.2) is 0 Å². The lowest BCUT2D eigenvalue weighted by molar-refractivity contribution is -0.139. The van der Waals surface area contributed by atoms with Crippen molar-refractivity contribution in [2.75, 3.05) is 23.7 Å². The molecule has 36 heavy (non-hydrogen) atoms. The van der Waals surface area contributed by atoms with Crippen LogP contribution in [0.15, 0.2) is 46.9 Å². The Morgan fingerprint density at radius 1 is 1.17 bits per heavy atom. The number of sulfonamides is 1. The summed E-state index contributed by atoms with van der Waals surface area (Å²) in [6, 6.07) is 8.57. The smallest absolute Gasteiger partial charge is 0.354 e. The van der Waals surface area contributed by atoms with E-state index in [-0.39, 0.29) is 12.2 Å². The highest BCUT2D eigenvalue weighted by atomic mass is 79.9. The molecule has 1 N–H and O–H groups in total. The maximum absolute atomic E-state index is 13.4. The van der Waals surface area contributed by atoms with Crippen LogP contribution >= 0.6 is 27.5 Å². The summed E-state index contributed by atoms with van der Waals surface area (Å²) in [5, 5.41) is 2.09. The van der Waals surface area contributed by atoms with E-state index in [1.165, 1.54) is 11.8 Å². The molecule has 0 saturated heterocycles. The Labute approximate surface area is 221 Å². The van der Waals surface area contributed by atoms with Crippen LogP contribution in [0, 0.1) is 0 Å². The molecular weight excluding hydrogens is 587 g/mol. The van der Waals surface area contributed by atoms with Gasteiger partial charge in [-0.15, -0.1) is 0 Å². The van der Waals surface area contributed by atoms with Gasteiger partial charge in [0.2, 0.25) is 21.8 Å². The highest BCUT2D eigenvalue weighted by molar-refractivity contribution is 9.10. The van der Waals surface area contributed by atoms with E-state index in [4.69, 9.17) is 11.6 Å². The number of anilines is 1. The van der Waals surface area contributed by atoms with Crippen LogP contribution < -0.4 is 9.62 Å². The van der Waals surface area contributed by atoms with Gasteiger partial charge in [0.25, 0.3) is 0 Å². The molecule has 0 saturated carbocycles. The molecule has 198 valence electrons. The topological polar surface area (TPSA) is 86.8 Å². The maximum atomic E-state index is 13.4. The number of amides is 2. The molecule has 0 aliphatic heterocycles. The van der Waals surface area contributed by atoms with Crippen LogP contribution in [0.4, 0.5) is 18.9 Å². The summed E-state index contributed by atoms with van der Waals surface area (Å²) in [6.07, 6.45) is -3.39. The quantitative estimate of drug-likeness (QED) is 0.417. The van der Waals surface area contributed by atoms with E-state index in [1.54, 1.807) is 24.3 Å². The zero-order chi connectivity index (χ0) is 27.3. The number of hydrogen-bond acceptors (Lipinski definition) is 4. The maximum Gasteiger partial charge on any atom is 0.417 e. The number of nitrogens with zero attached hydrogens (tertiary/aromatic N) is 2. The lowest BCUT2D eigenvalue weighted by atomic mass is 10.1. The van der Waals surface area contributed by atoms with Crippen molar-refractivity contribution in [2.45, 2.75) is 39.0 Å². The van der Waals surface area contributed by atoms with Gasteiger partial charge in [-0.2, -0.15) is 13.2 Å². The summed E-state index contributed by atoms with van der Waals surface area (Å²) in [7, 11) is -4.19. The second-order valence-corrected chi connectivity index (χ2v) is 11.3. The zero-order valence-electron chi connectivity index (χ0n) is 19.8. The number of rotatable bonds is 10. The first-order valence-electron chi connectivity index (χ1n) is 10.8. The van der Waals surface area contributed by atoms with Gasteiger partial charge in [-0.1, -0.05) is 46.6 Å². The largest absolute Gasteiger partial charge is 0.417 e. The molecule has 0 radical (unpaired) electrons. The second kappa shape index (κ2) is 12.3. The van der Waals surface area contributed by atoms with Crippen molar-refractivity contribution in [3.8, 4) is 0 Å². The van der Waals surface area contributed by atoms with Crippen LogP contribution in [0.1, 0.15) is 31.4 Å². The first-order chi connectivity index (χ1) is 16.6. The summed E-state index contributed by atoms with van der Waals surface area (Å²) < 4.78 is 66.5. The minimum Gasteiger partial charge on any atom is -0.354 e. The Hall–Kier alpha value is -2.31. The van der Waals surface area contributed by atoms with Crippen LogP contribution in [0.5, 0.6) is 0 Å². The Morgan fingerprint density at radius 2 is 1.83 bits per heavy atom. The lowest BCUT2D eigenvalue weighted by Crippen LogP contribution is -2.51. The normalized spacial score (nSPS) is 12.7. The molecule has 2 aromatic rings. The van der Waals surface area contributed by atoms with Crippen molar-refractivity contribution in [3.05, 3.63) is 63.1 Å². The molecule has 0 bridgehead atoms. The molecule has 1 atom stereocenters. The van der Waals surface area contributed by atoms with E-state index in [2.05, 4.69) is 21.2 Å². The summed E-state index contributed by atoms with van der Waals surface area (Å²) in [6.45, 7) is 2.88. The van der Waals surface area contributed by atoms with Crippen LogP contribution in [0.2, 0.25) is 5.02 Å². The molecule has 7 nitrogen and oxygen atoms in total. The second-order valence-electron chi connectivity index (χ2n) is 8.05. The van der Waals surface area contributed by atoms with Crippen LogP contribution in [0.25, 0.3) is 0 Å². The standard InChI is InChI=1S/C23H26BrClF3N3O4S/c1-4-10-29-22(33)15(2)30(13-16-6-5-7-17(24)11-16)21(32)14-31(36(3,34)35)18-8-9-20(25)19(12-18)23(26,27)28/h5-9,11-12,15H,4,10,13-14H2,1-3H3,(H,29,33)/t15-/m1/s1. The summed E-state index contributed by atoms with van der Waals surface area (Å²) in [5.41, 5.74) is -0.959. The highest BCUT2D eigenvalue weighted by Crippen LogP contribution is 2.37. The van der Waals surface area contributed by atoms with Crippen LogP contribution in [-0.2, 0) is 32.3 Å². The Morgan fingerprint density at radius 3 is 2.39 bits per heavy atom. The van der Waals surface area contributed by atoms with E-state index < -0.39 is 51.2 Å². The monoisotopic (exact) mass is 611 g/mol. The zero-order valence-corrected chi connectivity index (χ0v) is 22.9. The SMILES string of the molecule is CCCNC(=O)[C@@H](C)N(Cc1cccc(Br)c1)C(=O)CN(c1ccc(Cl)c(C(F)(F)F)c1)S(C)(=O)=O. The third kappa shape index (κ3) is 8.10. The van der Waals surface area contributed by atoms with Crippen molar-refractivity contribution in [1.29, 1.82) is 0 Å². The third-order valence-corrected chi connectivity index (χ3v) is 7.14. The average molecular weight is 613 g/mol. The minimum atomic E-state index is -4.83. The Kier molecular flexibility index (Phi) is 10.2. The van der Waals surface area contributed by atoms with E-state index in [1.807, 2.05) is 6.92 Å². The number of nitrogens with one attached hydrogen (secondary N) is 1. The highest BCUT2D eigenvalue weighted by Gasteiger charge is 2.35. The molecule has 2 aromatic carbocycles. The minimum absolute atomic E-state index is 0.0367. The van der Waals surface area contributed by atoms with Gasteiger partial charge >= 0.3 is 6.18 Å². The number of benzene rings is 2. The van der Waals surface area contributed by atoms with E-state index in [0.29, 0.717) is 28.9 Å². The summed E-state index contributed by atoms with van der Waals surface area (Å²) >= 11 is 9.01. The number of halogens is 5. The first-order valence-corrected chi connectivity index (χ1v) is 13.8. The van der Waals surface area contributed by atoms with E-state index in [0.717, 1.165) is 22.9 Å². The fourth-order valence-corrected chi connectivity index (χ4v) is 4.82. The van der Waals surface area contributed by atoms with Crippen molar-refractivity contribution in [2.24, 2.45) is 0 Å². The summed E-state index contributed by atoms with van der Waals surface area (Å²) in [4.78, 5) is 27.3. The van der Waals surface area contributed by atoms with Gasteiger partial charge in [-0.3, -0.25) is 13.9 Å². The predicted molar refractivity (Wildman–Crippen MR) is 136 cm³/mol. The number of carbonyl (C=O) groups excluding carboxylic acids is 2. The van der Waals surface area contributed by atoms with Crippen molar-refractivity contribution in [1.82, 2.24) is 10.2 Å². The van der Waals surface area contributed by atoms with Crippen molar-refractivity contribution >= 4 is 55.1 Å². The number of alkyl halides is 3. The molecule has 13 heteroatoms. The first kappa shape index (κ1) is 29.9. The fraction of sp³-hybridized carbons (Fsp3) is 0.391. The molecule has 0 unspecified atom stereocenters. The van der Waals surface area contributed by atoms with Crippen molar-refractivity contribution < 1.29 is 31.2 Å². The molecule has 2 rings (SSSR count). The van der Waals surface area contributed by atoms with Crippen LogP contribution in [-0.4, -0.2) is 50.5 Å². The average Bonchev–Trinajstić information content (AvgIpc) is 2.78. The van der Waals surface area contributed by atoms with Gasteiger partial charge in [0, 0.05) is 17.6 Å². The number of carbonyl (C=O) groups is 2. The molecule has 2 amide bonds. The molecule has 0 aromatic heterocycles. The Bertz CT molecular complexity index is 1210. The molecule has 0 spiro atoms. The van der Waals surface area contributed by atoms with Crippen molar-refractivity contribution in [3.63, 3.8) is 0 Å². The Balaban J connectivity index is 2.46. The predicted octanol–water partition coefficient (Wildman–Crippen LogP) is 4.83. The van der Waals surface area contributed by atoms with E-state index >= 15 is 0 Å². The van der Waals surface area contributed by atoms with Gasteiger partial charge in [0.05, 0.1) is 22.5 Å². The lowest BCUT2D eigenvalue weighted by Gasteiger charge is -2.31. The molecule has 0 aliphatic rings. The van der Waals surface area contributed by atoms with Gasteiger partial charge in [-0.05, 0) is 49.2 Å². The fourth-order valence-electron chi connectivity index (χ4n) is 3.31. The number of hydrogen-bond donors (Lipinski definition) is 1. The molecule has 0 fully saturated rings. The third-order valence-electron chi connectivity index (χ3n) is 5.18. The van der Waals surface area contributed by atoms with Gasteiger partial charge in [-0.25, -0.2) is 8.42 Å².